The Morgan fingerprint density at radius 2 is 2.32 bits per heavy atom. The second-order valence-corrected chi connectivity index (χ2v) is 4.50. The van der Waals surface area contributed by atoms with Crippen LogP contribution in [0.5, 0.6) is 0 Å². The van der Waals surface area contributed by atoms with Gasteiger partial charge in [0.15, 0.2) is 0 Å². The lowest BCUT2D eigenvalue weighted by molar-refractivity contribution is -0.384. The molecule has 7 nitrogen and oxygen atoms in total. The zero-order valence-corrected chi connectivity index (χ0v) is 10.3. The van der Waals surface area contributed by atoms with Crippen LogP contribution in [0.2, 0.25) is 0 Å². The third kappa shape index (κ3) is 2.50. The highest BCUT2D eigenvalue weighted by Gasteiger charge is 2.29. The fraction of sp³-hybridized carbons (Fsp3) is 0.417. The molecule has 1 aromatic rings. The molecular formula is C12H15N3O4. The maximum absolute atomic E-state index is 11.1. The Morgan fingerprint density at radius 1 is 1.58 bits per heavy atom. The number of hydrogen-bond acceptors (Lipinski definition) is 5. The van der Waals surface area contributed by atoms with Gasteiger partial charge >= 0.3 is 0 Å². The van der Waals surface area contributed by atoms with E-state index in [4.69, 9.17) is 5.73 Å². The predicted octanol–water partition coefficient (Wildman–Crippen LogP) is 0.655. The van der Waals surface area contributed by atoms with Gasteiger partial charge < -0.3 is 15.7 Å². The molecular weight excluding hydrogens is 250 g/mol. The fourth-order valence-electron chi connectivity index (χ4n) is 2.41. The van der Waals surface area contributed by atoms with Gasteiger partial charge in [-0.1, -0.05) is 0 Å². The molecule has 7 heteroatoms. The van der Waals surface area contributed by atoms with Gasteiger partial charge in [0.05, 0.1) is 17.6 Å². The topological polar surface area (TPSA) is 110 Å². The summed E-state index contributed by atoms with van der Waals surface area (Å²) >= 11 is 0. The number of carbonyl (C=O) groups excluding carboxylic acids is 1. The molecule has 0 radical (unpaired) electrons. The maximum Gasteiger partial charge on any atom is 0.293 e. The van der Waals surface area contributed by atoms with Crippen molar-refractivity contribution in [2.24, 2.45) is 5.73 Å². The molecule has 0 aliphatic carbocycles. The van der Waals surface area contributed by atoms with Crippen LogP contribution in [0.3, 0.4) is 0 Å². The monoisotopic (exact) mass is 265 g/mol. The van der Waals surface area contributed by atoms with E-state index in [1.54, 1.807) is 0 Å². The average molecular weight is 265 g/mol. The van der Waals surface area contributed by atoms with Gasteiger partial charge in [0.1, 0.15) is 5.69 Å². The van der Waals surface area contributed by atoms with Crippen LogP contribution in [-0.2, 0) is 0 Å². The Bertz CT molecular complexity index is 518. The first-order valence-corrected chi connectivity index (χ1v) is 6.00. The molecule has 1 aromatic carbocycles. The molecule has 1 unspecified atom stereocenters. The summed E-state index contributed by atoms with van der Waals surface area (Å²) in [5.74, 6) is -0.699. The Labute approximate surface area is 109 Å². The van der Waals surface area contributed by atoms with E-state index < -0.39 is 10.8 Å². The highest BCUT2D eigenvalue weighted by molar-refractivity contribution is 5.94. The molecule has 0 aromatic heterocycles. The number of carbonyl (C=O) groups is 1. The minimum atomic E-state index is -0.699. The number of nitrogens with zero attached hydrogens (tertiary/aromatic N) is 2. The van der Waals surface area contributed by atoms with Crippen LogP contribution in [0.25, 0.3) is 0 Å². The number of primary amides is 1. The van der Waals surface area contributed by atoms with Crippen LogP contribution >= 0.6 is 0 Å². The molecule has 1 atom stereocenters. The van der Waals surface area contributed by atoms with E-state index in [0.29, 0.717) is 12.2 Å². The number of nitrogens with two attached hydrogens (primary N) is 1. The van der Waals surface area contributed by atoms with Gasteiger partial charge in [0, 0.05) is 18.2 Å². The molecule has 1 amide bonds. The summed E-state index contributed by atoms with van der Waals surface area (Å²) in [6.45, 7) is 0.608. The molecule has 1 aliphatic rings. The number of nitro benzene ring substituents is 1. The van der Waals surface area contributed by atoms with Crippen LogP contribution in [0, 0.1) is 10.1 Å². The van der Waals surface area contributed by atoms with E-state index >= 15 is 0 Å². The number of aliphatic hydroxyl groups excluding tert-OH is 1. The predicted molar refractivity (Wildman–Crippen MR) is 69.1 cm³/mol. The maximum atomic E-state index is 11.1. The van der Waals surface area contributed by atoms with Crippen molar-refractivity contribution in [2.75, 3.05) is 18.1 Å². The highest BCUT2D eigenvalue weighted by atomic mass is 16.6. The molecule has 0 saturated carbocycles. The lowest BCUT2D eigenvalue weighted by Crippen LogP contribution is -2.32. The standard InChI is InChI=1S/C12H15N3O4/c13-12(17)8-3-4-10(11(6-8)15(18)19)14-5-1-2-9(14)7-16/h3-4,6,9,16H,1-2,5,7H2,(H2,13,17). The minimum absolute atomic E-state index is 0.0469. The summed E-state index contributed by atoms with van der Waals surface area (Å²) in [5, 5.41) is 20.4. The Kier molecular flexibility index (Phi) is 3.66. The van der Waals surface area contributed by atoms with Gasteiger partial charge in [-0.3, -0.25) is 14.9 Å². The second-order valence-electron chi connectivity index (χ2n) is 4.50. The van der Waals surface area contributed by atoms with Gasteiger partial charge in [-0.05, 0) is 25.0 Å². The number of amides is 1. The first-order valence-electron chi connectivity index (χ1n) is 6.00. The SMILES string of the molecule is NC(=O)c1ccc(N2CCCC2CO)c([N+](=O)[O-])c1. The number of benzene rings is 1. The lowest BCUT2D eigenvalue weighted by Gasteiger charge is -2.25. The van der Waals surface area contributed by atoms with Crippen molar-refractivity contribution in [3.8, 4) is 0 Å². The van der Waals surface area contributed by atoms with Gasteiger partial charge in [-0.15, -0.1) is 0 Å². The quantitative estimate of drug-likeness (QED) is 0.613. The van der Waals surface area contributed by atoms with E-state index in [9.17, 15) is 20.0 Å². The zero-order chi connectivity index (χ0) is 14.0. The summed E-state index contributed by atoms with van der Waals surface area (Å²) < 4.78 is 0. The molecule has 1 fully saturated rings. The van der Waals surface area contributed by atoms with E-state index in [2.05, 4.69) is 0 Å². The molecule has 19 heavy (non-hydrogen) atoms. The van der Waals surface area contributed by atoms with Crippen LogP contribution in [0.4, 0.5) is 11.4 Å². The lowest BCUT2D eigenvalue weighted by atomic mass is 10.1. The normalized spacial score (nSPS) is 18.6. The Balaban J connectivity index is 2.45. The molecule has 0 bridgehead atoms. The zero-order valence-electron chi connectivity index (χ0n) is 10.3. The largest absolute Gasteiger partial charge is 0.394 e. The third-order valence-electron chi connectivity index (χ3n) is 3.35. The van der Waals surface area contributed by atoms with Crippen LogP contribution in [0.15, 0.2) is 18.2 Å². The van der Waals surface area contributed by atoms with Crippen molar-refractivity contribution in [2.45, 2.75) is 18.9 Å². The highest BCUT2D eigenvalue weighted by Crippen LogP contribution is 2.34. The van der Waals surface area contributed by atoms with Crippen molar-refractivity contribution >= 4 is 17.3 Å². The van der Waals surface area contributed by atoms with E-state index in [1.165, 1.54) is 18.2 Å². The van der Waals surface area contributed by atoms with Gasteiger partial charge in [-0.25, -0.2) is 0 Å². The van der Waals surface area contributed by atoms with Crippen LogP contribution < -0.4 is 10.6 Å². The first kappa shape index (κ1) is 13.3. The second kappa shape index (κ2) is 5.23. The summed E-state index contributed by atoms with van der Waals surface area (Å²) in [5.41, 5.74) is 5.50. The van der Waals surface area contributed by atoms with Gasteiger partial charge in [0.25, 0.3) is 5.69 Å². The van der Waals surface area contributed by atoms with Crippen molar-refractivity contribution < 1.29 is 14.8 Å². The van der Waals surface area contributed by atoms with Crippen molar-refractivity contribution in [3.63, 3.8) is 0 Å². The van der Waals surface area contributed by atoms with Crippen LogP contribution in [0.1, 0.15) is 23.2 Å². The summed E-state index contributed by atoms with van der Waals surface area (Å²) in [6.07, 6.45) is 1.67. The molecule has 1 aliphatic heterocycles. The molecule has 3 N–H and O–H groups in total. The van der Waals surface area contributed by atoms with Gasteiger partial charge in [-0.2, -0.15) is 0 Å². The van der Waals surface area contributed by atoms with E-state index in [0.717, 1.165) is 12.8 Å². The van der Waals surface area contributed by atoms with Gasteiger partial charge in [0.2, 0.25) is 5.91 Å². The summed E-state index contributed by atoms with van der Waals surface area (Å²) in [7, 11) is 0. The number of anilines is 1. The van der Waals surface area contributed by atoms with E-state index in [1.807, 2.05) is 4.90 Å². The molecule has 0 spiro atoms. The smallest absolute Gasteiger partial charge is 0.293 e. The number of hydrogen-bond donors (Lipinski definition) is 2. The number of aliphatic hydroxyl groups is 1. The van der Waals surface area contributed by atoms with Crippen molar-refractivity contribution in [3.05, 3.63) is 33.9 Å². The summed E-state index contributed by atoms with van der Waals surface area (Å²) in [6, 6.07) is 4.06. The molecule has 1 heterocycles. The first-order chi connectivity index (χ1) is 9.04. The Hall–Kier alpha value is -2.15. The molecule has 102 valence electrons. The molecule has 1 saturated heterocycles. The van der Waals surface area contributed by atoms with Crippen molar-refractivity contribution in [1.29, 1.82) is 0 Å². The average Bonchev–Trinajstić information content (AvgIpc) is 2.85. The number of nitro groups is 1. The third-order valence-corrected chi connectivity index (χ3v) is 3.35. The number of rotatable bonds is 4. The van der Waals surface area contributed by atoms with E-state index in [-0.39, 0.29) is 23.9 Å². The molecule has 2 rings (SSSR count). The van der Waals surface area contributed by atoms with Crippen LogP contribution in [-0.4, -0.2) is 35.1 Å². The Morgan fingerprint density at radius 3 is 2.89 bits per heavy atom. The fourth-order valence-corrected chi connectivity index (χ4v) is 2.41. The summed E-state index contributed by atoms with van der Waals surface area (Å²) in [4.78, 5) is 23.5. The van der Waals surface area contributed by atoms with Crippen molar-refractivity contribution in [1.82, 2.24) is 0 Å². The minimum Gasteiger partial charge on any atom is -0.394 e.